The summed E-state index contributed by atoms with van der Waals surface area (Å²) in [6.07, 6.45) is 1.32. The lowest BCUT2D eigenvalue weighted by Crippen LogP contribution is -2.23. The van der Waals surface area contributed by atoms with Crippen LogP contribution in [0.5, 0.6) is 0 Å². The fourth-order valence-corrected chi connectivity index (χ4v) is 3.54. The normalized spacial score (nSPS) is 14.9. The maximum absolute atomic E-state index is 12.2. The zero-order valence-electron chi connectivity index (χ0n) is 13.9. The van der Waals surface area contributed by atoms with E-state index in [1.807, 2.05) is 18.2 Å². The molecule has 1 aliphatic rings. The third-order valence-corrected chi connectivity index (χ3v) is 5.25. The number of benzene rings is 1. The fraction of sp³-hybridized carbons (Fsp3) is 0.294. The summed E-state index contributed by atoms with van der Waals surface area (Å²) in [7, 11) is 0. The van der Waals surface area contributed by atoms with Gasteiger partial charge in [0.15, 0.2) is 4.32 Å². The highest BCUT2D eigenvalue weighted by Gasteiger charge is 2.26. The van der Waals surface area contributed by atoms with Gasteiger partial charge in [0.25, 0.3) is 5.91 Å². The number of fused-ring (bicyclic) bond motifs is 1. The Morgan fingerprint density at radius 1 is 1.32 bits per heavy atom. The van der Waals surface area contributed by atoms with Crippen LogP contribution in [-0.4, -0.2) is 40.3 Å². The molecule has 1 aromatic carbocycles. The highest BCUT2D eigenvalue weighted by molar-refractivity contribution is 8.23. The second kappa shape index (κ2) is 7.37. The Hall–Kier alpha value is -2.19. The van der Waals surface area contributed by atoms with Crippen molar-refractivity contribution in [2.24, 2.45) is 5.10 Å². The van der Waals surface area contributed by atoms with Gasteiger partial charge in [-0.15, -0.1) is 0 Å². The lowest BCUT2D eigenvalue weighted by Gasteiger charge is -2.20. The minimum Gasteiger partial charge on any atom is -0.422 e. The predicted molar refractivity (Wildman–Crippen MR) is 106 cm³/mol. The molecule has 0 atom stereocenters. The molecule has 0 aliphatic carbocycles. The molecule has 0 bridgehead atoms. The minimum atomic E-state index is -0.502. The van der Waals surface area contributed by atoms with Crippen molar-refractivity contribution in [3.8, 4) is 0 Å². The average Bonchev–Trinajstić information content (AvgIpc) is 2.92. The van der Waals surface area contributed by atoms with Crippen LogP contribution in [0.2, 0.25) is 0 Å². The SMILES string of the molecule is CCN(CC)c1ccc2cc(/C=N/N3C(=O)CSC3=S)c(=O)oc2c1. The van der Waals surface area contributed by atoms with Crippen molar-refractivity contribution >= 4 is 57.1 Å². The molecular formula is C17H17N3O3S2. The van der Waals surface area contributed by atoms with Gasteiger partial charge in [0.1, 0.15) is 5.58 Å². The second-order valence-electron chi connectivity index (χ2n) is 5.39. The zero-order chi connectivity index (χ0) is 18.0. The maximum atomic E-state index is 12.2. The van der Waals surface area contributed by atoms with E-state index in [1.165, 1.54) is 18.0 Å². The van der Waals surface area contributed by atoms with Crippen molar-refractivity contribution in [3.05, 3.63) is 40.2 Å². The van der Waals surface area contributed by atoms with Crippen molar-refractivity contribution in [3.63, 3.8) is 0 Å². The molecule has 6 nitrogen and oxygen atoms in total. The Kier molecular flexibility index (Phi) is 5.19. The van der Waals surface area contributed by atoms with Crippen LogP contribution < -0.4 is 10.5 Å². The number of anilines is 1. The first-order valence-electron chi connectivity index (χ1n) is 7.90. The van der Waals surface area contributed by atoms with E-state index in [0.29, 0.717) is 9.90 Å². The molecule has 1 aromatic heterocycles. The van der Waals surface area contributed by atoms with E-state index in [0.717, 1.165) is 29.2 Å². The third kappa shape index (κ3) is 3.59. The molecule has 0 spiro atoms. The Morgan fingerprint density at radius 3 is 2.72 bits per heavy atom. The van der Waals surface area contributed by atoms with Crippen LogP contribution in [-0.2, 0) is 4.79 Å². The maximum Gasteiger partial charge on any atom is 0.345 e. The Bertz CT molecular complexity index is 903. The van der Waals surface area contributed by atoms with E-state index >= 15 is 0 Å². The van der Waals surface area contributed by atoms with Crippen molar-refractivity contribution in [2.45, 2.75) is 13.8 Å². The van der Waals surface area contributed by atoms with Crippen LogP contribution in [0.3, 0.4) is 0 Å². The molecule has 130 valence electrons. The van der Waals surface area contributed by atoms with E-state index in [4.69, 9.17) is 16.6 Å². The third-order valence-electron chi connectivity index (χ3n) is 3.92. The minimum absolute atomic E-state index is 0.194. The Balaban J connectivity index is 1.94. The molecule has 1 saturated heterocycles. The number of thioether (sulfide) groups is 1. The van der Waals surface area contributed by atoms with Crippen LogP contribution in [0.25, 0.3) is 11.0 Å². The fourth-order valence-electron chi connectivity index (χ4n) is 2.57. The van der Waals surface area contributed by atoms with Crippen LogP contribution in [0.15, 0.2) is 38.6 Å². The van der Waals surface area contributed by atoms with Gasteiger partial charge < -0.3 is 9.32 Å². The number of hydrogen-bond acceptors (Lipinski definition) is 7. The van der Waals surface area contributed by atoms with E-state index in [1.54, 1.807) is 6.07 Å². The van der Waals surface area contributed by atoms with E-state index in [-0.39, 0.29) is 17.2 Å². The second-order valence-corrected chi connectivity index (χ2v) is 7.00. The lowest BCUT2D eigenvalue weighted by molar-refractivity contribution is -0.123. The molecule has 0 unspecified atom stereocenters. The number of carbonyl (C=O) groups is 1. The van der Waals surface area contributed by atoms with Crippen LogP contribution in [0.4, 0.5) is 5.69 Å². The van der Waals surface area contributed by atoms with Gasteiger partial charge >= 0.3 is 5.63 Å². The number of hydrazone groups is 1. The van der Waals surface area contributed by atoms with Gasteiger partial charge in [-0.1, -0.05) is 24.0 Å². The summed E-state index contributed by atoms with van der Waals surface area (Å²) in [6, 6.07) is 7.46. The first-order chi connectivity index (χ1) is 12.0. The van der Waals surface area contributed by atoms with Gasteiger partial charge in [0, 0.05) is 30.2 Å². The smallest absolute Gasteiger partial charge is 0.345 e. The van der Waals surface area contributed by atoms with Gasteiger partial charge in [-0.25, -0.2) is 4.79 Å². The summed E-state index contributed by atoms with van der Waals surface area (Å²) < 4.78 is 5.81. The van der Waals surface area contributed by atoms with Crippen LogP contribution in [0, 0.1) is 0 Å². The number of carbonyl (C=O) groups excluding carboxylic acids is 1. The lowest BCUT2D eigenvalue weighted by atomic mass is 10.1. The molecule has 1 fully saturated rings. The molecule has 1 aliphatic heterocycles. The largest absolute Gasteiger partial charge is 0.422 e. The molecule has 1 amide bonds. The number of rotatable bonds is 5. The van der Waals surface area contributed by atoms with Gasteiger partial charge in [-0.3, -0.25) is 4.79 Å². The predicted octanol–water partition coefficient (Wildman–Crippen LogP) is 2.83. The topological polar surface area (TPSA) is 66.1 Å². The highest BCUT2D eigenvalue weighted by atomic mass is 32.2. The van der Waals surface area contributed by atoms with E-state index in [9.17, 15) is 9.59 Å². The molecule has 0 N–H and O–H groups in total. The molecule has 0 saturated carbocycles. The van der Waals surface area contributed by atoms with Crippen LogP contribution in [0.1, 0.15) is 19.4 Å². The van der Waals surface area contributed by atoms with Gasteiger partial charge in [0.05, 0.1) is 17.5 Å². The molecule has 2 aromatic rings. The van der Waals surface area contributed by atoms with E-state index in [2.05, 4.69) is 23.8 Å². The standard InChI is InChI=1S/C17H17N3O3S2/c1-3-19(4-2)13-6-5-11-7-12(16(22)23-14(11)8-13)9-18-20-15(21)10-25-17(20)24/h5-9H,3-4,10H2,1-2H3/b18-9+. The van der Waals surface area contributed by atoms with Crippen molar-refractivity contribution < 1.29 is 9.21 Å². The van der Waals surface area contributed by atoms with Gasteiger partial charge in [-0.05, 0) is 32.0 Å². The summed E-state index contributed by atoms with van der Waals surface area (Å²) >= 11 is 6.30. The van der Waals surface area contributed by atoms with Crippen molar-refractivity contribution in [1.82, 2.24) is 5.01 Å². The Morgan fingerprint density at radius 2 is 2.08 bits per heavy atom. The molecule has 8 heteroatoms. The first kappa shape index (κ1) is 17.6. The summed E-state index contributed by atoms with van der Waals surface area (Å²) in [5.74, 6) is 0.0803. The van der Waals surface area contributed by atoms with Crippen molar-refractivity contribution in [1.29, 1.82) is 0 Å². The quantitative estimate of drug-likeness (QED) is 0.455. The molecular weight excluding hydrogens is 358 g/mol. The van der Waals surface area contributed by atoms with Gasteiger partial charge in [-0.2, -0.15) is 10.1 Å². The summed E-state index contributed by atoms with van der Waals surface area (Å²) in [5.41, 5.74) is 1.30. The van der Waals surface area contributed by atoms with Gasteiger partial charge in [0.2, 0.25) is 0 Å². The average molecular weight is 375 g/mol. The van der Waals surface area contributed by atoms with E-state index < -0.39 is 5.63 Å². The summed E-state index contributed by atoms with van der Waals surface area (Å²) in [5, 5.41) is 5.95. The number of nitrogens with zero attached hydrogens (tertiary/aromatic N) is 3. The highest BCUT2D eigenvalue weighted by Crippen LogP contribution is 2.22. The number of thiocarbonyl (C=S) groups is 1. The first-order valence-corrected chi connectivity index (χ1v) is 9.29. The number of amides is 1. The zero-order valence-corrected chi connectivity index (χ0v) is 15.5. The molecule has 2 heterocycles. The summed E-state index contributed by atoms with van der Waals surface area (Å²) in [6.45, 7) is 5.90. The monoisotopic (exact) mass is 375 g/mol. The Labute approximate surface area is 154 Å². The molecule has 3 rings (SSSR count). The van der Waals surface area contributed by atoms with Crippen molar-refractivity contribution in [2.75, 3.05) is 23.7 Å². The van der Waals surface area contributed by atoms with Crippen LogP contribution >= 0.6 is 24.0 Å². The molecule has 25 heavy (non-hydrogen) atoms. The number of hydrogen-bond donors (Lipinski definition) is 0. The molecule has 0 radical (unpaired) electrons. The summed E-state index contributed by atoms with van der Waals surface area (Å²) in [4.78, 5) is 26.0.